The van der Waals surface area contributed by atoms with Gasteiger partial charge >= 0.3 is 0 Å². The zero-order valence-corrected chi connectivity index (χ0v) is 9.09. The van der Waals surface area contributed by atoms with Crippen LogP contribution >= 0.6 is 11.6 Å². The van der Waals surface area contributed by atoms with E-state index in [0.717, 1.165) is 18.4 Å². The van der Waals surface area contributed by atoms with E-state index < -0.39 is 0 Å². The number of alkyl halides is 1. The highest BCUT2D eigenvalue weighted by Crippen LogP contribution is 2.23. The zero-order valence-electron chi connectivity index (χ0n) is 8.33. The summed E-state index contributed by atoms with van der Waals surface area (Å²) in [5.41, 5.74) is 2.33. The van der Waals surface area contributed by atoms with Crippen LogP contribution in [0.1, 0.15) is 29.9 Å². The highest BCUT2D eigenvalue weighted by molar-refractivity contribution is 6.17. The first-order chi connectivity index (χ1) is 6.79. The molecule has 0 radical (unpaired) electrons. The maximum atomic E-state index is 9.04. The minimum absolute atomic E-state index is 0.00468. The molecule has 0 fully saturated rings. The number of rotatable bonds is 4. The lowest BCUT2D eigenvalue weighted by molar-refractivity contribution is 0.727. The molecule has 74 valence electrons. The molecule has 0 aliphatic carbocycles. The SMILES string of the molecule is Cc1ccccc1C(C#N)CCCCl. The molecular weight excluding hydrogens is 194 g/mol. The van der Waals surface area contributed by atoms with E-state index >= 15 is 0 Å². The summed E-state index contributed by atoms with van der Waals surface area (Å²) in [5.74, 6) is 0.624. The Hall–Kier alpha value is -1.00. The third-order valence-corrected chi connectivity index (χ3v) is 2.61. The van der Waals surface area contributed by atoms with Crippen LogP contribution in [0.15, 0.2) is 24.3 Å². The van der Waals surface area contributed by atoms with E-state index in [1.165, 1.54) is 5.56 Å². The number of hydrogen-bond donors (Lipinski definition) is 0. The van der Waals surface area contributed by atoms with E-state index in [-0.39, 0.29) is 5.92 Å². The first kappa shape index (κ1) is 11.1. The van der Waals surface area contributed by atoms with Crippen molar-refractivity contribution in [1.29, 1.82) is 5.26 Å². The van der Waals surface area contributed by atoms with Crippen molar-refractivity contribution < 1.29 is 0 Å². The molecule has 1 aromatic rings. The number of benzene rings is 1. The van der Waals surface area contributed by atoms with Crippen LogP contribution in [-0.2, 0) is 0 Å². The van der Waals surface area contributed by atoms with Crippen molar-refractivity contribution >= 4 is 11.6 Å². The van der Waals surface area contributed by atoms with Crippen molar-refractivity contribution in [3.63, 3.8) is 0 Å². The molecule has 1 atom stereocenters. The van der Waals surface area contributed by atoms with Gasteiger partial charge in [0.25, 0.3) is 0 Å². The number of halogens is 1. The Labute approximate surface area is 90.3 Å². The molecule has 1 unspecified atom stereocenters. The second-order valence-corrected chi connectivity index (χ2v) is 3.75. The van der Waals surface area contributed by atoms with Crippen LogP contribution in [0, 0.1) is 18.3 Å². The lowest BCUT2D eigenvalue weighted by Gasteiger charge is -2.10. The predicted molar refractivity (Wildman–Crippen MR) is 59.5 cm³/mol. The molecule has 0 N–H and O–H groups in total. The van der Waals surface area contributed by atoms with Gasteiger partial charge in [0.05, 0.1) is 12.0 Å². The van der Waals surface area contributed by atoms with Crippen molar-refractivity contribution in [2.45, 2.75) is 25.7 Å². The topological polar surface area (TPSA) is 23.8 Å². The first-order valence-electron chi connectivity index (χ1n) is 4.80. The van der Waals surface area contributed by atoms with Gasteiger partial charge in [-0.3, -0.25) is 0 Å². The van der Waals surface area contributed by atoms with Gasteiger partial charge in [-0.15, -0.1) is 11.6 Å². The zero-order chi connectivity index (χ0) is 10.4. The van der Waals surface area contributed by atoms with E-state index in [1.807, 2.05) is 31.2 Å². The van der Waals surface area contributed by atoms with Crippen molar-refractivity contribution in [3.05, 3.63) is 35.4 Å². The predicted octanol–water partition coefficient (Wildman–Crippen LogP) is 3.62. The summed E-state index contributed by atoms with van der Waals surface area (Å²) in [4.78, 5) is 0. The Morgan fingerprint density at radius 2 is 2.14 bits per heavy atom. The molecule has 0 heterocycles. The highest BCUT2D eigenvalue weighted by Gasteiger charge is 2.11. The maximum absolute atomic E-state index is 9.04. The van der Waals surface area contributed by atoms with Gasteiger partial charge in [-0.1, -0.05) is 24.3 Å². The van der Waals surface area contributed by atoms with Gasteiger partial charge < -0.3 is 0 Å². The van der Waals surface area contributed by atoms with E-state index in [9.17, 15) is 0 Å². The van der Waals surface area contributed by atoms with E-state index in [1.54, 1.807) is 0 Å². The Morgan fingerprint density at radius 3 is 2.71 bits per heavy atom. The number of nitrogens with zero attached hydrogens (tertiary/aromatic N) is 1. The van der Waals surface area contributed by atoms with Crippen molar-refractivity contribution in [2.24, 2.45) is 0 Å². The molecule has 0 bridgehead atoms. The molecule has 1 aromatic carbocycles. The normalized spacial score (nSPS) is 12.1. The van der Waals surface area contributed by atoms with Crippen molar-refractivity contribution in [2.75, 3.05) is 5.88 Å². The Morgan fingerprint density at radius 1 is 1.43 bits per heavy atom. The van der Waals surface area contributed by atoms with Crippen LogP contribution in [0.2, 0.25) is 0 Å². The molecular formula is C12H14ClN. The third kappa shape index (κ3) is 2.75. The third-order valence-electron chi connectivity index (χ3n) is 2.35. The average molecular weight is 208 g/mol. The Kier molecular flexibility index (Phi) is 4.49. The summed E-state index contributed by atoms with van der Waals surface area (Å²) in [7, 11) is 0. The van der Waals surface area contributed by atoms with Gasteiger partial charge in [0, 0.05) is 5.88 Å². The fraction of sp³-hybridized carbons (Fsp3) is 0.417. The Bertz CT molecular complexity index is 327. The van der Waals surface area contributed by atoms with Crippen LogP contribution in [0.5, 0.6) is 0 Å². The molecule has 0 saturated carbocycles. The molecule has 0 amide bonds. The molecule has 0 aliphatic heterocycles. The van der Waals surface area contributed by atoms with E-state index in [2.05, 4.69) is 6.07 Å². The van der Waals surface area contributed by atoms with Crippen LogP contribution in [0.4, 0.5) is 0 Å². The van der Waals surface area contributed by atoms with Gasteiger partial charge in [0.1, 0.15) is 0 Å². The smallest absolute Gasteiger partial charge is 0.0715 e. The molecule has 0 spiro atoms. The molecule has 1 nitrogen and oxygen atoms in total. The van der Waals surface area contributed by atoms with Gasteiger partial charge in [0.15, 0.2) is 0 Å². The standard InChI is InChI=1S/C12H14ClN/c1-10-5-2-3-7-12(10)11(9-14)6-4-8-13/h2-3,5,7,11H,4,6,8H2,1H3. The van der Waals surface area contributed by atoms with Crippen molar-refractivity contribution in [1.82, 2.24) is 0 Å². The fourth-order valence-corrected chi connectivity index (χ4v) is 1.70. The lowest BCUT2D eigenvalue weighted by Crippen LogP contribution is -1.98. The second kappa shape index (κ2) is 5.67. The van der Waals surface area contributed by atoms with Crippen LogP contribution in [0.3, 0.4) is 0 Å². The number of hydrogen-bond acceptors (Lipinski definition) is 1. The monoisotopic (exact) mass is 207 g/mol. The lowest BCUT2D eigenvalue weighted by atomic mass is 9.92. The van der Waals surface area contributed by atoms with E-state index in [0.29, 0.717) is 5.88 Å². The quantitative estimate of drug-likeness (QED) is 0.692. The summed E-state index contributed by atoms with van der Waals surface area (Å²) in [6.07, 6.45) is 1.75. The summed E-state index contributed by atoms with van der Waals surface area (Å²) in [6, 6.07) is 10.4. The molecule has 1 rings (SSSR count). The molecule has 0 aliphatic rings. The molecule has 0 saturated heterocycles. The molecule has 2 heteroatoms. The largest absolute Gasteiger partial charge is 0.198 e. The summed E-state index contributed by atoms with van der Waals surface area (Å²) < 4.78 is 0. The van der Waals surface area contributed by atoms with E-state index in [4.69, 9.17) is 16.9 Å². The Balaban J connectivity index is 2.80. The summed E-state index contributed by atoms with van der Waals surface area (Å²) in [5, 5.41) is 9.04. The van der Waals surface area contributed by atoms with Crippen LogP contribution < -0.4 is 0 Å². The van der Waals surface area contributed by atoms with Crippen LogP contribution in [0.25, 0.3) is 0 Å². The molecule has 0 aromatic heterocycles. The van der Waals surface area contributed by atoms with Gasteiger partial charge in [0.2, 0.25) is 0 Å². The summed E-state index contributed by atoms with van der Waals surface area (Å²) >= 11 is 5.62. The van der Waals surface area contributed by atoms with Gasteiger partial charge in [-0.25, -0.2) is 0 Å². The first-order valence-corrected chi connectivity index (χ1v) is 5.34. The van der Waals surface area contributed by atoms with Gasteiger partial charge in [-0.05, 0) is 30.9 Å². The average Bonchev–Trinajstić information content (AvgIpc) is 2.21. The number of aryl methyl sites for hydroxylation is 1. The maximum Gasteiger partial charge on any atom is 0.0715 e. The summed E-state index contributed by atoms with van der Waals surface area (Å²) in [6.45, 7) is 2.04. The minimum Gasteiger partial charge on any atom is -0.198 e. The van der Waals surface area contributed by atoms with Crippen molar-refractivity contribution in [3.8, 4) is 6.07 Å². The minimum atomic E-state index is -0.00468. The molecule has 14 heavy (non-hydrogen) atoms. The van der Waals surface area contributed by atoms with Gasteiger partial charge in [-0.2, -0.15) is 5.26 Å². The number of nitriles is 1. The second-order valence-electron chi connectivity index (χ2n) is 3.37. The highest BCUT2D eigenvalue weighted by atomic mass is 35.5. The van der Waals surface area contributed by atoms with Crippen LogP contribution in [-0.4, -0.2) is 5.88 Å². The fourth-order valence-electron chi connectivity index (χ4n) is 1.55.